The van der Waals surface area contributed by atoms with Crippen LogP contribution in [0.15, 0.2) is 0 Å². The van der Waals surface area contributed by atoms with Crippen molar-refractivity contribution in [2.45, 2.75) is 25.9 Å². The Kier molecular flexibility index (Phi) is 7.28. The van der Waals surface area contributed by atoms with Crippen molar-refractivity contribution >= 4 is 5.91 Å². The molecule has 0 spiro atoms. The van der Waals surface area contributed by atoms with E-state index in [1.54, 1.807) is 0 Å². The van der Waals surface area contributed by atoms with Gasteiger partial charge in [-0.3, -0.25) is 4.79 Å². The maximum absolute atomic E-state index is 11.4. The number of likely N-dealkylation sites (tertiary alicyclic amines) is 1. The van der Waals surface area contributed by atoms with Crippen LogP contribution in [0.4, 0.5) is 0 Å². The number of carbonyl (C=O) groups excluding carboxylic acids is 1. The zero-order valence-corrected chi connectivity index (χ0v) is 9.97. The Balaban J connectivity index is 0.00000169. The first kappa shape index (κ1) is 14.0. The van der Waals surface area contributed by atoms with E-state index in [0.29, 0.717) is 19.6 Å². The van der Waals surface area contributed by atoms with E-state index < -0.39 is 0 Å². The number of piperidine rings is 1. The van der Waals surface area contributed by atoms with E-state index in [9.17, 15) is 9.90 Å². The maximum atomic E-state index is 11.4. The third kappa shape index (κ3) is 4.46. The summed E-state index contributed by atoms with van der Waals surface area (Å²) >= 11 is 0. The van der Waals surface area contributed by atoms with E-state index >= 15 is 0 Å². The zero-order valence-electron chi connectivity index (χ0n) is 8.57. The predicted molar refractivity (Wildman–Crippen MR) is 50.4 cm³/mol. The number of aliphatic hydroxyl groups is 1. The number of carbonyl (C=O) groups is 1. The fraction of sp³-hybridized carbons (Fsp3) is 0.889. The van der Waals surface area contributed by atoms with Gasteiger partial charge in [0.15, 0.2) is 0 Å². The summed E-state index contributed by atoms with van der Waals surface area (Å²) in [5.74, 6) is 0.147. The summed E-state index contributed by atoms with van der Waals surface area (Å²) in [6.45, 7) is 4.62. The first-order valence-electron chi connectivity index (χ1n) is 4.90. The molecule has 0 aromatic rings. The fourth-order valence-electron chi connectivity index (χ4n) is 1.46. The fourth-order valence-corrected chi connectivity index (χ4v) is 1.46. The second-order valence-corrected chi connectivity index (χ2v) is 3.39. The number of aliphatic hydroxyl groups excluding tert-OH is 1. The van der Waals surface area contributed by atoms with Crippen molar-refractivity contribution < 1.29 is 28.5 Å². The summed E-state index contributed by atoms with van der Waals surface area (Å²) in [6, 6.07) is 0. The molecule has 0 aliphatic carbocycles. The summed E-state index contributed by atoms with van der Waals surface area (Å²) in [5, 5.41) is 12.2. The molecule has 1 aliphatic heterocycles. The van der Waals surface area contributed by atoms with Crippen molar-refractivity contribution in [2.24, 2.45) is 0 Å². The summed E-state index contributed by atoms with van der Waals surface area (Å²) in [7, 11) is 0. The van der Waals surface area contributed by atoms with E-state index in [2.05, 4.69) is 5.32 Å². The van der Waals surface area contributed by atoms with Crippen LogP contribution in [0.5, 0.6) is 0 Å². The molecule has 1 radical (unpaired) electrons. The summed E-state index contributed by atoms with van der Waals surface area (Å²) in [6.07, 6.45) is 1.23. The molecule has 1 aliphatic rings. The SMILES string of the molecule is CCNCC(=O)N1CCC(O)CC1.[V]. The van der Waals surface area contributed by atoms with Crippen LogP contribution in [0.2, 0.25) is 0 Å². The quantitative estimate of drug-likeness (QED) is 0.700. The van der Waals surface area contributed by atoms with Gasteiger partial charge in [-0.05, 0) is 19.4 Å². The van der Waals surface area contributed by atoms with Crippen LogP contribution in [0.1, 0.15) is 19.8 Å². The van der Waals surface area contributed by atoms with Gasteiger partial charge in [0.25, 0.3) is 0 Å². The third-order valence-corrected chi connectivity index (χ3v) is 2.34. The zero-order chi connectivity index (χ0) is 9.68. The van der Waals surface area contributed by atoms with E-state index in [0.717, 1.165) is 19.4 Å². The molecule has 0 saturated carbocycles. The second-order valence-electron chi connectivity index (χ2n) is 3.39. The predicted octanol–water partition coefficient (Wildman–Crippen LogP) is -0.423. The molecule has 0 unspecified atom stereocenters. The van der Waals surface area contributed by atoms with E-state index in [4.69, 9.17) is 0 Å². The van der Waals surface area contributed by atoms with E-state index in [1.165, 1.54) is 0 Å². The third-order valence-electron chi connectivity index (χ3n) is 2.34. The molecule has 0 atom stereocenters. The van der Waals surface area contributed by atoms with E-state index in [-0.39, 0.29) is 30.6 Å². The number of hydrogen-bond acceptors (Lipinski definition) is 3. The Morgan fingerprint density at radius 2 is 2.07 bits per heavy atom. The monoisotopic (exact) mass is 237 g/mol. The van der Waals surface area contributed by atoms with Crippen molar-refractivity contribution in [1.82, 2.24) is 10.2 Å². The smallest absolute Gasteiger partial charge is 0.236 e. The molecule has 1 rings (SSSR count). The molecular weight excluding hydrogens is 219 g/mol. The van der Waals surface area contributed by atoms with Crippen LogP contribution in [0.25, 0.3) is 0 Å². The molecule has 1 saturated heterocycles. The number of nitrogens with one attached hydrogen (secondary N) is 1. The molecule has 81 valence electrons. The minimum Gasteiger partial charge on any atom is -0.393 e. The van der Waals surface area contributed by atoms with Gasteiger partial charge < -0.3 is 15.3 Å². The van der Waals surface area contributed by atoms with Gasteiger partial charge in [0.2, 0.25) is 5.91 Å². The van der Waals surface area contributed by atoms with Crippen LogP contribution < -0.4 is 5.32 Å². The minimum absolute atomic E-state index is 0. The second kappa shape index (κ2) is 7.29. The van der Waals surface area contributed by atoms with Gasteiger partial charge in [-0.2, -0.15) is 0 Å². The van der Waals surface area contributed by atoms with Gasteiger partial charge in [-0.25, -0.2) is 0 Å². The molecule has 0 bridgehead atoms. The molecular formula is C9H18N2O2V. The minimum atomic E-state index is -0.205. The van der Waals surface area contributed by atoms with Gasteiger partial charge in [-0.15, -0.1) is 0 Å². The van der Waals surface area contributed by atoms with Crippen LogP contribution >= 0.6 is 0 Å². The maximum Gasteiger partial charge on any atom is 0.236 e. The Labute approximate surface area is 96.9 Å². The number of nitrogens with zero attached hydrogens (tertiary/aromatic N) is 1. The van der Waals surface area contributed by atoms with Crippen LogP contribution in [0, 0.1) is 0 Å². The van der Waals surface area contributed by atoms with Crippen molar-refractivity contribution in [3.8, 4) is 0 Å². The molecule has 0 aromatic carbocycles. The topological polar surface area (TPSA) is 52.6 Å². The molecule has 0 aromatic heterocycles. The van der Waals surface area contributed by atoms with Crippen molar-refractivity contribution in [3.63, 3.8) is 0 Å². The van der Waals surface area contributed by atoms with Crippen molar-refractivity contribution in [1.29, 1.82) is 0 Å². The molecule has 14 heavy (non-hydrogen) atoms. The Morgan fingerprint density at radius 3 is 2.57 bits per heavy atom. The summed E-state index contributed by atoms with van der Waals surface area (Å²) in [5.41, 5.74) is 0. The average Bonchev–Trinajstić information content (AvgIpc) is 2.15. The summed E-state index contributed by atoms with van der Waals surface area (Å²) in [4.78, 5) is 13.3. The van der Waals surface area contributed by atoms with Gasteiger partial charge in [-0.1, -0.05) is 6.92 Å². The average molecular weight is 237 g/mol. The molecule has 2 N–H and O–H groups in total. The van der Waals surface area contributed by atoms with Crippen LogP contribution in [-0.4, -0.2) is 48.2 Å². The van der Waals surface area contributed by atoms with Crippen LogP contribution in [-0.2, 0) is 23.4 Å². The molecule has 5 heteroatoms. The summed E-state index contributed by atoms with van der Waals surface area (Å²) < 4.78 is 0. The molecule has 1 amide bonds. The standard InChI is InChI=1S/C9H18N2O2.V/c1-2-10-7-9(13)11-5-3-8(12)4-6-11;/h8,10,12H,2-7H2,1H3;. The first-order valence-corrected chi connectivity index (χ1v) is 4.90. The van der Waals surface area contributed by atoms with Crippen molar-refractivity contribution in [2.75, 3.05) is 26.2 Å². The van der Waals surface area contributed by atoms with Crippen molar-refractivity contribution in [3.05, 3.63) is 0 Å². The van der Waals surface area contributed by atoms with E-state index in [1.807, 2.05) is 11.8 Å². The molecule has 1 fully saturated rings. The van der Waals surface area contributed by atoms with Gasteiger partial charge in [0, 0.05) is 31.6 Å². The Hall–Kier alpha value is -0.0256. The van der Waals surface area contributed by atoms with Gasteiger partial charge in [0.1, 0.15) is 0 Å². The number of amides is 1. The number of hydrogen-bond donors (Lipinski definition) is 2. The van der Waals surface area contributed by atoms with Crippen LogP contribution in [0.3, 0.4) is 0 Å². The number of rotatable bonds is 3. The first-order chi connectivity index (χ1) is 6.24. The number of likely N-dealkylation sites (N-methyl/N-ethyl adjacent to an activating group) is 1. The largest absolute Gasteiger partial charge is 0.393 e. The Bertz CT molecular complexity index is 170. The van der Waals surface area contributed by atoms with Gasteiger partial charge in [0.05, 0.1) is 12.6 Å². The Morgan fingerprint density at radius 1 is 1.50 bits per heavy atom. The normalized spacial score (nSPS) is 17.7. The molecule has 4 nitrogen and oxygen atoms in total. The molecule has 1 heterocycles. The van der Waals surface area contributed by atoms with Gasteiger partial charge >= 0.3 is 0 Å².